The van der Waals surface area contributed by atoms with Crippen molar-refractivity contribution in [1.29, 1.82) is 0 Å². The summed E-state index contributed by atoms with van der Waals surface area (Å²) in [6.07, 6.45) is 7.67. The second-order valence-electron chi connectivity index (χ2n) is 6.48. The molecule has 1 aromatic heterocycles. The third-order valence-corrected chi connectivity index (χ3v) is 5.04. The van der Waals surface area contributed by atoms with E-state index in [4.69, 9.17) is 11.6 Å². The van der Waals surface area contributed by atoms with E-state index in [0.717, 1.165) is 18.2 Å². The van der Waals surface area contributed by atoms with Gasteiger partial charge in [-0.05, 0) is 43.5 Å². The van der Waals surface area contributed by atoms with E-state index >= 15 is 0 Å². The molecule has 0 bridgehead atoms. The van der Waals surface area contributed by atoms with Crippen LogP contribution in [0.5, 0.6) is 0 Å². The normalized spacial score (nSPS) is 15.8. The average Bonchev–Trinajstić information content (AvgIpc) is 2.57. The molecule has 0 aliphatic heterocycles. The molecule has 6 heteroatoms. The number of carbonyl (C=O) groups is 1. The molecule has 3 rings (SSSR count). The molecule has 1 heterocycles. The highest BCUT2D eigenvalue weighted by molar-refractivity contribution is 6.34. The number of likely N-dealkylation sites (N-methyl/N-ethyl adjacent to an activating group) is 1. The van der Waals surface area contributed by atoms with Gasteiger partial charge in [-0.15, -0.1) is 0 Å². The van der Waals surface area contributed by atoms with E-state index in [-0.39, 0.29) is 11.5 Å². The van der Waals surface area contributed by atoms with Crippen LogP contribution >= 0.6 is 11.6 Å². The highest BCUT2D eigenvalue weighted by atomic mass is 35.5. The summed E-state index contributed by atoms with van der Waals surface area (Å²) in [5, 5.41) is 4.50. The Morgan fingerprint density at radius 2 is 2.08 bits per heavy atom. The molecule has 1 saturated carbocycles. The lowest BCUT2D eigenvalue weighted by molar-refractivity contribution is -0.117. The van der Waals surface area contributed by atoms with Crippen LogP contribution in [0.3, 0.4) is 0 Å². The van der Waals surface area contributed by atoms with Gasteiger partial charge in [0.1, 0.15) is 0 Å². The number of aromatic nitrogens is 1. The minimum atomic E-state index is -0.190. The maximum absolute atomic E-state index is 12.3. The predicted octanol–water partition coefficient (Wildman–Crippen LogP) is 3.38. The second kappa shape index (κ2) is 7.36. The van der Waals surface area contributed by atoms with Gasteiger partial charge in [0, 0.05) is 17.6 Å². The molecule has 1 aromatic carbocycles. The van der Waals surface area contributed by atoms with Crippen LogP contribution in [0.25, 0.3) is 10.8 Å². The Morgan fingerprint density at radius 3 is 2.83 bits per heavy atom. The number of rotatable bonds is 4. The summed E-state index contributed by atoms with van der Waals surface area (Å²) in [7, 11) is 2.00. The van der Waals surface area contributed by atoms with Crippen LogP contribution < -0.4 is 10.9 Å². The number of aromatic amines is 1. The number of nitrogens with one attached hydrogen (secondary N) is 2. The van der Waals surface area contributed by atoms with E-state index in [2.05, 4.69) is 15.2 Å². The largest absolute Gasteiger partial charge is 0.329 e. The lowest BCUT2D eigenvalue weighted by Gasteiger charge is -2.30. The van der Waals surface area contributed by atoms with Crippen LogP contribution in [-0.4, -0.2) is 35.4 Å². The minimum absolute atomic E-state index is 0.0887. The van der Waals surface area contributed by atoms with Gasteiger partial charge in [0.15, 0.2) is 0 Å². The van der Waals surface area contributed by atoms with Gasteiger partial charge in [0.05, 0.1) is 17.3 Å². The molecule has 0 spiro atoms. The van der Waals surface area contributed by atoms with Gasteiger partial charge in [-0.3, -0.25) is 14.5 Å². The van der Waals surface area contributed by atoms with E-state index in [0.29, 0.717) is 28.7 Å². The Balaban J connectivity index is 1.71. The number of hydrogen-bond acceptors (Lipinski definition) is 3. The lowest BCUT2D eigenvalue weighted by Crippen LogP contribution is -2.39. The van der Waals surface area contributed by atoms with Crippen LogP contribution in [-0.2, 0) is 4.79 Å². The van der Waals surface area contributed by atoms with Crippen molar-refractivity contribution < 1.29 is 4.79 Å². The van der Waals surface area contributed by atoms with Crippen molar-refractivity contribution >= 4 is 34.0 Å². The SMILES string of the molecule is CN(CC(=O)Nc1cc2cc[nH]c(=O)c2cc1Cl)C1CCCCC1. The topological polar surface area (TPSA) is 65.2 Å². The van der Waals surface area contributed by atoms with E-state index in [1.807, 2.05) is 7.05 Å². The van der Waals surface area contributed by atoms with Gasteiger partial charge in [-0.1, -0.05) is 30.9 Å². The first-order valence-electron chi connectivity index (χ1n) is 8.35. The van der Waals surface area contributed by atoms with Gasteiger partial charge in [-0.2, -0.15) is 0 Å². The van der Waals surface area contributed by atoms with Crippen LogP contribution in [0.2, 0.25) is 5.02 Å². The number of H-pyrrole nitrogens is 1. The first-order chi connectivity index (χ1) is 11.5. The number of fused-ring (bicyclic) bond motifs is 1. The van der Waals surface area contributed by atoms with Crippen LogP contribution in [0.4, 0.5) is 5.69 Å². The van der Waals surface area contributed by atoms with E-state index in [1.54, 1.807) is 24.4 Å². The molecule has 24 heavy (non-hydrogen) atoms. The molecular formula is C18H22ClN3O2. The molecule has 2 aromatic rings. The van der Waals surface area contributed by atoms with Crippen molar-refractivity contribution in [2.75, 3.05) is 18.9 Å². The van der Waals surface area contributed by atoms with Crippen molar-refractivity contribution in [3.63, 3.8) is 0 Å². The fourth-order valence-electron chi connectivity index (χ4n) is 3.37. The maximum Gasteiger partial charge on any atom is 0.255 e. The molecule has 1 fully saturated rings. The first kappa shape index (κ1) is 17.0. The van der Waals surface area contributed by atoms with Crippen molar-refractivity contribution in [1.82, 2.24) is 9.88 Å². The smallest absolute Gasteiger partial charge is 0.255 e. The van der Waals surface area contributed by atoms with E-state index in [9.17, 15) is 9.59 Å². The molecule has 1 aliphatic carbocycles. The van der Waals surface area contributed by atoms with E-state index < -0.39 is 0 Å². The maximum atomic E-state index is 12.3. The van der Waals surface area contributed by atoms with Crippen LogP contribution in [0.1, 0.15) is 32.1 Å². The van der Waals surface area contributed by atoms with Gasteiger partial charge in [0.25, 0.3) is 5.56 Å². The Morgan fingerprint density at radius 1 is 1.33 bits per heavy atom. The molecular weight excluding hydrogens is 326 g/mol. The van der Waals surface area contributed by atoms with Gasteiger partial charge in [0.2, 0.25) is 5.91 Å². The average molecular weight is 348 g/mol. The fourth-order valence-corrected chi connectivity index (χ4v) is 3.58. The molecule has 1 aliphatic rings. The molecule has 0 radical (unpaired) electrons. The highest BCUT2D eigenvalue weighted by Gasteiger charge is 2.20. The standard InChI is InChI=1S/C18H22ClN3O2/c1-22(13-5-3-2-4-6-13)11-17(23)21-16-9-12-7-8-20-18(24)14(12)10-15(16)19/h7-10,13H,2-6,11H2,1H3,(H,20,24)(H,21,23). The van der Waals surface area contributed by atoms with Gasteiger partial charge >= 0.3 is 0 Å². The van der Waals surface area contributed by atoms with Crippen LogP contribution in [0, 0.1) is 0 Å². The summed E-state index contributed by atoms with van der Waals surface area (Å²) in [5.74, 6) is -0.0887. The minimum Gasteiger partial charge on any atom is -0.329 e. The van der Waals surface area contributed by atoms with Crippen molar-refractivity contribution in [2.24, 2.45) is 0 Å². The van der Waals surface area contributed by atoms with E-state index in [1.165, 1.54) is 19.3 Å². The quantitative estimate of drug-likeness (QED) is 0.891. The summed E-state index contributed by atoms with van der Waals surface area (Å²) in [5.41, 5.74) is 0.348. The number of anilines is 1. The van der Waals surface area contributed by atoms with Crippen molar-refractivity contribution in [3.05, 3.63) is 39.8 Å². The summed E-state index contributed by atoms with van der Waals surface area (Å²) < 4.78 is 0. The lowest BCUT2D eigenvalue weighted by atomic mass is 9.94. The number of halogens is 1. The number of carbonyl (C=O) groups excluding carboxylic acids is 1. The zero-order valence-corrected chi connectivity index (χ0v) is 14.5. The van der Waals surface area contributed by atoms with Crippen molar-refractivity contribution in [2.45, 2.75) is 38.1 Å². The summed E-state index contributed by atoms with van der Waals surface area (Å²) in [6, 6.07) is 5.61. The van der Waals surface area contributed by atoms with Gasteiger partial charge < -0.3 is 10.3 Å². The number of amides is 1. The molecule has 0 atom stereocenters. The Labute approximate surface area is 146 Å². The third-order valence-electron chi connectivity index (χ3n) is 4.73. The molecule has 1 amide bonds. The molecule has 2 N–H and O–H groups in total. The number of benzene rings is 1. The fraction of sp³-hybridized carbons (Fsp3) is 0.444. The monoisotopic (exact) mass is 347 g/mol. The third kappa shape index (κ3) is 3.79. The van der Waals surface area contributed by atoms with Crippen molar-refractivity contribution in [3.8, 4) is 0 Å². The molecule has 5 nitrogen and oxygen atoms in total. The summed E-state index contributed by atoms with van der Waals surface area (Å²) in [4.78, 5) is 28.9. The number of pyridine rings is 1. The first-order valence-corrected chi connectivity index (χ1v) is 8.73. The molecule has 128 valence electrons. The summed E-state index contributed by atoms with van der Waals surface area (Å²) in [6.45, 7) is 0.342. The van der Waals surface area contributed by atoms with Crippen LogP contribution in [0.15, 0.2) is 29.2 Å². The Hall–Kier alpha value is -1.85. The Bertz CT molecular complexity index is 796. The second-order valence-corrected chi connectivity index (χ2v) is 6.89. The molecule has 0 unspecified atom stereocenters. The number of nitrogens with zero attached hydrogens (tertiary/aromatic N) is 1. The zero-order valence-electron chi connectivity index (χ0n) is 13.8. The summed E-state index contributed by atoms with van der Waals surface area (Å²) >= 11 is 6.22. The van der Waals surface area contributed by atoms with Gasteiger partial charge in [-0.25, -0.2) is 0 Å². The number of hydrogen-bond donors (Lipinski definition) is 2. The highest BCUT2D eigenvalue weighted by Crippen LogP contribution is 2.27. The predicted molar refractivity (Wildman–Crippen MR) is 97.7 cm³/mol. The molecule has 0 saturated heterocycles. The zero-order chi connectivity index (χ0) is 17.1. The Kier molecular flexibility index (Phi) is 5.21.